The lowest BCUT2D eigenvalue weighted by atomic mass is 10.2. The van der Waals surface area contributed by atoms with Gasteiger partial charge in [0.1, 0.15) is 13.2 Å². The van der Waals surface area contributed by atoms with E-state index in [1.165, 1.54) is 0 Å². The minimum absolute atomic E-state index is 0.258. The number of rotatable bonds is 3. The largest absolute Gasteiger partial charge is 0.486 e. The monoisotopic (exact) mass is 313 g/mol. The van der Waals surface area contributed by atoms with Crippen LogP contribution in [0.5, 0.6) is 11.5 Å². The van der Waals surface area contributed by atoms with E-state index >= 15 is 0 Å². The molecular weight excluding hydrogens is 298 g/mol. The van der Waals surface area contributed by atoms with E-state index in [0.717, 1.165) is 5.56 Å². The summed E-state index contributed by atoms with van der Waals surface area (Å²) in [5.74, 6) is 1.22. The van der Waals surface area contributed by atoms with Crippen LogP contribution in [0.15, 0.2) is 17.2 Å². The molecule has 1 heterocycles. The molecule has 0 spiro atoms. The van der Waals surface area contributed by atoms with Gasteiger partial charge in [-0.25, -0.2) is 0 Å². The molecule has 108 valence electrons. The topological polar surface area (TPSA) is 54.9 Å². The van der Waals surface area contributed by atoms with Gasteiger partial charge >= 0.3 is 0 Å². The lowest BCUT2D eigenvalue weighted by Crippen LogP contribution is -2.36. The number of fused-ring (bicyclic) bond motifs is 1. The predicted octanol–water partition coefficient (Wildman–Crippen LogP) is 2.32. The van der Waals surface area contributed by atoms with Crippen LogP contribution in [0, 0.1) is 0 Å². The van der Waals surface area contributed by atoms with Gasteiger partial charge < -0.3 is 14.8 Å². The van der Waals surface area contributed by atoms with Crippen LogP contribution in [-0.4, -0.2) is 30.6 Å². The van der Waals surface area contributed by atoms with Crippen LogP contribution in [-0.2, 0) is 0 Å². The Hall–Kier alpha value is -1.53. The Morgan fingerprint density at radius 3 is 2.90 bits per heavy atom. The molecule has 5 nitrogen and oxygen atoms in total. The molecule has 0 bridgehead atoms. The first kappa shape index (κ1) is 14.9. The average Bonchev–Trinajstić information content (AvgIpc) is 2.38. The predicted molar refractivity (Wildman–Crippen MR) is 84.0 cm³/mol. The van der Waals surface area contributed by atoms with E-state index in [2.05, 4.69) is 15.8 Å². The lowest BCUT2D eigenvalue weighted by molar-refractivity contribution is 0.171. The number of thiocarbonyl (C=S) groups is 1. The van der Waals surface area contributed by atoms with E-state index in [1.807, 2.05) is 19.9 Å². The standard InChI is InChI=1S/C13H16ClN3O2S/c1-8(2)16-13(20)17-15-7-9-5-10(14)12-11(6-9)18-3-4-19-12/h5-8H,3-4H2,1-2H3,(H2,16,17,20)/b15-7-. The van der Waals surface area contributed by atoms with Gasteiger partial charge in [-0.1, -0.05) is 11.6 Å². The van der Waals surface area contributed by atoms with Crippen LogP contribution in [0.3, 0.4) is 0 Å². The molecule has 2 N–H and O–H groups in total. The number of hydrogen-bond acceptors (Lipinski definition) is 4. The highest BCUT2D eigenvalue weighted by atomic mass is 35.5. The van der Waals surface area contributed by atoms with Crippen molar-refractivity contribution in [3.8, 4) is 11.5 Å². The quantitative estimate of drug-likeness (QED) is 0.509. The Labute approximate surface area is 128 Å². The van der Waals surface area contributed by atoms with E-state index in [-0.39, 0.29) is 6.04 Å². The van der Waals surface area contributed by atoms with Crippen molar-refractivity contribution in [3.63, 3.8) is 0 Å². The molecule has 1 aliphatic rings. The molecule has 0 aliphatic carbocycles. The van der Waals surface area contributed by atoms with E-state index in [9.17, 15) is 0 Å². The number of hydrogen-bond donors (Lipinski definition) is 2. The van der Waals surface area contributed by atoms with Gasteiger partial charge in [0.2, 0.25) is 0 Å². The van der Waals surface area contributed by atoms with Crippen LogP contribution in [0.4, 0.5) is 0 Å². The van der Waals surface area contributed by atoms with Crippen molar-refractivity contribution in [1.82, 2.24) is 10.7 Å². The summed E-state index contributed by atoms with van der Waals surface area (Å²) in [5, 5.41) is 8.06. The zero-order valence-electron chi connectivity index (χ0n) is 11.3. The van der Waals surface area contributed by atoms with Crippen LogP contribution < -0.4 is 20.2 Å². The molecule has 0 saturated carbocycles. The summed E-state index contributed by atoms with van der Waals surface area (Å²) in [5.41, 5.74) is 3.54. The zero-order chi connectivity index (χ0) is 14.5. The van der Waals surface area contributed by atoms with E-state index in [0.29, 0.717) is 34.8 Å². The van der Waals surface area contributed by atoms with E-state index in [4.69, 9.17) is 33.3 Å². The molecule has 0 amide bonds. The highest BCUT2D eigenvalue weighted by Gasteiger charge is 2.15. The Kier molecular flexibility index (Phi) is 5.03. The van der Waals surface area contributed by atoms with Gasteiger partial charge in [-0.05, 0) is 43.8 Å². The first-order chi connectivity index (χ1) is 9.56. The van der Waals surface area contributed by atoms with Crippen LogP contribution in [0.25, 0.3) is 0 Å². The van der Waals surface area contributed by atoms with Gasteiger partial charge in [0.05, 0.1) is 11.2 Å². The molecular formula is C13H16ClN3O2S. The average molecular weight is 314 g/mol. The second-order valence-corrected chi connectivity index (χ2v) is 5.34. The number of ether oxygens (including phenoxy) is 2. The second kappa shape index (κ2) is 6.76. The summed E-state index contributed by atoms with van der Waals surface area (Å²) in [4.78, 5) is 0. The zero-order valence-corrected chi connectivity index (χ0v) is 12.8. The van der Waals surface area contributed by atoms with Crippen LogP contribution >= 0.6 is 23.8 Å². The fraction of sp³-hybridized carbons (Fsp3) is 0.385. The molecule has 1 aliphatic heterocycles. The maximum Gasteiger partial charge on any atom is 0.187 e. The molecule has 1 aromatic rings. The number of benzene rings is 1. The van der Waals surface area contributed by atoms with Crippen molar-refractivity contribution in [2.24, 2.45) is 5.10 Å². The SMILES string of the molecule is CC(C)NC(=S)N/N=C\c1cc(Cl)c2c(c1)OCCO2. The molecule has 0 radical (unpaired) electrons. The molecule has 0 atom stereocenters. The number of hydrazone groups is 1. The minimum atomic E-state index is 0.258. The first-order valence-electron chi connectivity index (χ1n) is 6.25. The van der Waals surface area contributed by atoms with Crippen LogP contribution in [0.2, 0.25) is 5.02 Å². The normalized spacial score (nSPS) is 13.6. The molecule has 0 unspecified atom stereocenters. The molecule has 1 aromatic carbocycles. The third kappa shape index (κ3) is 3.98. The summed E-state index contributed by atoms with van der Waals surface area (Å²) in [6.45, 7) is 5.03. The van der Waals surface area contributed by atoms with Gasteiger partial charge in [0.15, 0.2) is 16.6 Å². The highest BCUT2D eigenvalue weighted by Crippen LogP contribution is 2.37. The summed E-state index contributed by atoms with van der Waals surface area (Å²) in [7, 11) is 0. The van der Waals surface area contributed by atoms with Crippen molar-refractivity contribution < 1.29 is 9.47 Å². The summed E-state index contributed by atoms with van der Waals surface area (Å²) in [6, 6.07) is 3.85. The smallest absolute Gasteiger partial charge is 0.187 e. The minimum Gasteiger partial charge on any atom is -0.486 e. The van der Waals surface area contributed by atoms with Gasteiger partial charge in [-0.3, -0.25) is 5.43 Å². The van der Waals surface area contributed by atoms with Crippen molar-refractivity contribution in [3.05, 3.63) is 22.7 Å². The van der Waals surface area contributed by atoms with Crippen molar-refractivity contribution in [2.45, 2.75) is 19.9 Å². The molecule has 0 saturated heterocycles. The summed E-state index contributed by atoms with van der Waals surface area (Å²) in [6.07, 6.45) is 1.62. The summed E-state index contributed by atoms with van der Waals surface area (Å²) < 4.78 is 10.9. The van der Waals surface area contributed by atoms with Gasteiger partial charge in [-0.15, -0.1) is 0 Å². The highest BCUT2D eigenvalue weighted by molar-refractivity contribution is 7.80. The van der Waals surface area contributed by atoms with Crippen molar-refractivity contribution >= 4 is 35.1 Å². The Balaban J connectivity index is 2.03. The second-order valence-electron chi connectivity index (χ2n) is 4.53. The molecule has 20 heavy (non-hydrogen) atoms. The Morgan fingerprint density at radius 2 is 2.15 bits per heavy atom. The third-order valence-electron chi connectivity index (χ3n) is 2.42. The maximum atomic E-state index is 6.13. The van der Waals surface area contributed by atoms with E-state index < -0.39 is 0 Å². The van der Waals surface area contributed by atoms with Crippen molar-refractivity contribution in [2.75, 3.05) is 13.2 Å². The molecule has 2 rings (SSSR count). The van der Waals surface area contributed by atoms with E-state index in [1.54, 1.807) is 12.3 Å². The van der Waals surface area contributed by atoms with Crippen LogP contribution in [0.1, 0.15) is 19.4 Å². The summed E-state index contributed by atoms with van der Waals surface area (Å²) >= 11 is 11.2. The van der Waals surface area contributed by atoms with Gasteiger partial charge in [-0.2, -0.15) is 5.10 Å². The number of nitrogens with one attached hydrogen (secondary N) is 2. The molecule has 0 aromatic heterocycles. The molecule has 7 heteroatoms. The fourth-order valence-corrected chi connectivity index (χ4v) is 2.23. The lowest BCUT2D eigenvalue weighted by Gasteiger charge is -2.19. The third-order valence-corrected chi connectivity index (χ3v) is 2.91. The van der Waals surface area contributed by atoms with Gasteiger partial charge in [0, 0.05) is 6.04 Å². The number of halogens is 1. The van der Waals surface area contributed by atoms with Gasteiger partial charge in [0.25, 0.3) is 0 Å². The maximum absolute atomic E-state index is 6.13. The fourth-order valence-electron chi connectivity index (χ4n) is 1.67. The first-order valence-corrected chi connectivity index (χ1v) is 7.03. The Morgan fingerprint density at radius 1 is 1.40 bits per heavy atom. The number of nitrogens with zero attached hydrogens (tertiary/aromatic N) is 1. The Bertz CT molecular complexity index is 535. The van der Waals surface area contributed by atoms with Crippen molar-refractivity contribution in [1.29, 1.82) is 0 Å². The molecule has 0 fully saturated rings.